The molecule has 0 aliphatic rings. The summed E-state index contributed by atoms with van der Waals surface area (Å²) >= 11 is 3.42. The maximum atomic E-state index is 10.7. The standard InChI is InChI=1S/C15H15BrN2O2/c16-13-8-11(6-7-14(13)20-10-15(17)19)9-18-12-4-2-1-3-5-12/h1-8,18H,9-10H2,(H2,17,19). The molecule has 0 radical (unpaired) electrons. The number of carbonyl (C=O) groups excluding carboxylic acids is 1. The molecule has 0 aliphatic heterocycles. The summed E-state index contributed by atoms with van der Waals surface area (Å²) in [5.41, 5.74) is 7.21. The highest BCUT2D eigenvalue weighted by Crippen LogP contribution is 2.26. The fraction of sp³-hybridized carbons (Fsp3) is 0.133. The van der Waals surface area contributed by atoms with Crippen molar-refractivity contribution < 1.29 is 9.53 Å². The lowest BCUT2D eigenvalue weighted by atomic mass is 10.2. The van der Waals surface area contributed by atoms with Crippen molar-refractivity contribution in [2.45, 2.75) is 6.54 Å². The van der Waals surface area contributed by atoms with Crippen molar-refractivity contribution in [3.8, 4) is 5.75 Å². The van der Waals surface area contributed by atoms with Crippen molar-refractivity contribution in [1.82, 2.24) is 0 Å². The monoisotopic (exact) mass is 334 g/mol. The van der Waals surface area contributed by atoms with Gasteiger partial charge in [0.2, 0.25) is 0 Å². The third-order valence-electron chi connectivity index (χ3n) is 2.64. The molecule has 4 nitrogen and oxygen atoms in total. The first-order valence-electron chi connectivity index (χ1n) is 6.13. The molecule has 5 heteroatoms. The molecule has 1 amide bonds. The van der Waals surface area contributed by atoms with Crippen LogP contribution in [-0.4, -0.2) is 12.5 Å². The fourth-order valence-electron chi connectivity index (χ4n) is 1.68. The maximum Gasteiger partial charge on any atom is 0.255 e. The average molecular weight is 335 g/mol. The van der Waals surface area contributed by atoms with Crippen LogP contribution in [0.25, 0.3) is 0 Å². The molecular formula is C15H15BrN2O2. The zero-order valence-corrected chi connectivity index (χ0v) is 12.4. The third kappa shape index (κ3) is 4.28. The molecule has 0 saturated carbocycles. The van der Waals surface area contributed by atoms with E-state index in [-0.39, 0.29) is 6.61 Å². The summed E-state index contributed by atoms with van der Waals surface area (Å²) in [5.74, 6) is 0.110. The molecule has 0 aliphatic carbocycles. The van der Waals surface area contributed by atoms with Crippen LogP contribution < -0.4 is 15.8 Å². The summed E-state index contributed by atoms with van der Waals surface area (Å²) in [4.78, 5) is 10.7. The van der Waals surface area contributed by atoms with Gasteiger partial charge in [0, 0.05) is 12.2 Å². The predicted molar refractivity (Wildman–Crippen MR) is 82.6 cm³/mol. The molecule has 104 valence electrons. The molecule has 0 aromatic heterocycles. The summed E-state index contributed by atoms with van der Waals surface area (Å²) in [6, 6.07) is 15.7. The molecule has 3 N–H and O–H groups in total. The number of benzene rings is 2. The van der Waals surface area contributed by atoms with Gasteiger partial charge in [0.15, 0.2) is 6.61 Å². The molecule has 20 heavy (non-hydrogen) atoms. The molecule has 0 heterocycles. The van der Waals surface area contributed by atoms with Gasteiger partial charge >= 0.3 is 0 Å². The van der Waals surface area contributed by atoms with Crippen LogP contribution in [0.5, 0.6) is 5.75 Å². The van der Waals surface area contributed by atoms with Gasteiger partial charge in [0.25, 0.3) is 5.91 Å². The second kappa shape index (κ2) is 6.96. The molecule has 0 spiro atoms. The highest BCUT2D eigenvalue weighted by atomic mass is 79.9. The number of anilines is 1. The Morgan fingerprint density at radius 3 is 2.60 bits per heavy atom. The highest BCUT2D eigenvalue weighted by Gasteiger charge is 2.04. The van der Waals surface area contributed by atoms with E-state index in [1.165, 1.54) is 0 Å². The van der Waals surface area contributed by atoms with Crippen molar-refractivity contribution in [1.29, 1.82) is 0 Å². The minimum Gasteiger partial charge on any atom is -0.483 e. The second-order valence-corrected chi connectivity index (χ2v) is 5.09. The molecule has 0 fully saturated rings. The Bertz CT molecular complexity index is 588. The van der Waals surface area contributed by atoms with Gasteiger partial charge in [-0.2, -0.15) is 0 Å². The molecule has 2 aromatic rings. The Morgan fingerprint density at radius 1 is 1.20 bits per heavy atom. The number of rotatable bonds is 6. The van der Waals surface area contributed by atoms with Gasteiger partial charge in [-0.25, -0.2) is 0 Å². The summed E-state index contributed by atoms with van der Waals surface area (Å²) in [7, 11) is 0. The van der Waals surface area contributed by atoms with E-state index in [0.29, 0.717) is 12.3 Å². The van der Waals surface area contributed by atoms with Crippen molar-refractivity contribution in [3.05, 3.63) is 58.6 Å². The molecule has 2 aromatic carbocycles. The fourth-order valence-corrected chi connectivity index (χ4v) is 2.22. The van der Waals surface area contributed by atoms with Crippen LogP contribution in [0.1, 0.15) is 5.56 Å². The first kappa shape index (κ1) is 14.4. The van der Waals surface area contributed by atoms with E-state index in [1.807, 2.05) is 48.5 Å². The zero-order valence-electron chi connectivity index (χ0n) is 10.8. The molecule has 0 bridgehead atoms. The van der Waals surface area contributed by atoms with Gasteiger partial charge in [0.1, 0.15) is 5.75 Å². The SMILES string of the molecule is NC(=O)COc1ccc(CNc2ccccc2)cc1Br. The highest BCUT2D eigenvalue weighted by molar-refractivity contribution is 9.10. The average Bonchev–Trinajstić information content (AvgIpc) is 2.45. The van der Waals surface area contributed by atoms with Crippen molar-refractivity contribution >= 4 is 27.5 Å². The number of ether oxygens (including phenoxy) is 1. The number of para-hydroxylation sites is 1. The quantitative estimate of drug-likeness (QED) is 0.853. The zero-order chi connectivity index (χ0) is 14.4. The molecule has 0 atom stereocenters. The number of nitrogens with one attached hydrogen (secondary N) is 1. The number of primary amides is 1. The number of nitrogens with two attached hydrogens (primary N) is 1. The normalized spacial score (nSPS) is 10.1. The first-order chi connectivity index (χ1) is 9.65. The van der Waals surface area contributed by atoms with E-state index >= 15 is 0 Å². The molecule has 0 saturated heterocycles. The van der Waals surface area contributed by atoms with E-state index in [2.05, 4.69) is 21.2 Å². The van der Waals surface area contributed by atoms with E-state index in [1.54, 1.807) is 0 Å². The Hall–Kier alpha value is -2.01. The van der Waals surface area contributed by atoms with Gasteiger partial charge in [-0.05, 0) is 45.8 Å². The number of hydrogen-bond donors (Lipinski definition) is 2. The summed E-state index contributed by atoms with van der Waals surface area (Å²) in [6.45, 7) is 0.582. The van der Waals surface area contributed by atoms with Crippen LogP contribution in [0.2, 0.25) is 0 Å². The summed E-state index contributed by atoms with van der Waals surface area (Å²) in [6.07, 6.45) is 0. The Labute approximate surface area is 126 Å². The van der Waals surface area contributed by atoms with Crippen molar-refractivity contribution in [2.24, 2.45) is 5.73 Å². The van der Waals surface area contributed by atoms with Crippen molar-refractivity contribution in [2.75, 3.05) is 11.9 Å². The molecule has 0 unspecified atom stereocenters. The van der Waals surface area contributed by atoms with Gasteiger partial charge in [-0.1, -0.05) is 24.3 Å². The lowest BCUT2D eigenvalue weighted by molar-refractivity contribution is -0.119. The minimum absolute atomic E-state index is 0.125. The number of carbonyl (C=O) groups is 1. The Morgan fingerprint density at radius 2 is 1.95 bits per heavy atom. The van der Waals surface area contributed by atoms with E-state index in [9.17, 15) is 4.79 Å². The number of hydrogen-bond acceptors (Lipinski definition) is 3. The van der Waals surface area contributed by atoms with E-state index in [4.69, 9.17) is 10.5 Å². The van der Waals surface area contributed by atoms with Gasteiger partial charge in [-0.15, -0.1) is 0 Å². The van der Waals surface area contributed by atoms with Crippen molar-refractivity contribution in [3.63, 3.8) is 0 Å². The third-order valence-corrected chi connectivity index (χ3v) is 3.26. The summed E-state index contributed by atoms with van der Waals surface area (Å²) in [5, 5.41) is 3.32. The minimum atomic E-state index is -0.494. The molecule has 2 rings (SSSR count). The Kier molecular flexibility index (Phi) is 5.01. The summed E-state index contributed by atoms with van der Waals surface area (Å²) < 4.78 is 6.07. The van der Waals surface area contributed by atoms with Gasteiger partial charge < -0.3 is 15.8 Å². The Balaban J connectivity index is 1.96. The predicted octanol–water partition coefficient (Wildman–Crippen LogP) is 2.93. The first-order valence-corrected chi connectivity index (χ1v) is 6.93. The van der Waals surface area contributed by atoms with Crippen LogP contribution in [0, 0.1) is 0 Å². The van der Waals surface area contributed by atoms with Crippen LogP contribution in [0.3, 0.4) is 0 Å². The molecular weight excluding hydrogens is 320 g/mol. The lowest BCUT2D eigenvalue weighted by Gasteiger charge is -2.10. The van der Waals surface area contributed by atoms with Gasteiger partial charge in [0.05, 0.1) is 4.47 Å². The van der Waals surface area contributed by atoms with E-state index < -0.39 is 5.91 Å². The number of amides is 1. The van der Waals surface area contributed by atoms with Crippen LogP contribution in [0.4, 0.5) is 5.69 Å². The van der Waals surface area contributed by atoms with Crippen LogP contribution in [0.15, 0.2) is 53.0 Å². The number of halogens is 1. The second-order valence-electron chi connectivity index (χ2n) is 4.24. The van der Waals surface area contributed by atoms with Crippen LogP contribution >= 0.6 is 15.9 Å². The maximum absolute atomic E-state index is 10.7. The smallest absolute Gasteiger partial charge is 0.255 e. The van der Waals surface area contributed by atoms with Gasteiger partial charge in [-0.3, -0.25) is 4.79 Å². The lowest BCUT2D eigenvalue weighted by Crippen LogP contribution is -2.20. The topological polar surface area (TPSA) is 64.4 Å². The largest absolute Gasteiger partial charge is 0.483 e. The van der Waals surface area contributed by atoms with Crippen LogP contribution in [-0.2, 0) is 11.3 Å². The van der Waals surface area contributed by atoms with E-state index in [0.717, 1.165) is 15.7 Å².